The lowest BCUT2D eigenvalue weighted by molar-refractivity contribution is -0.118. The molecule has 1 N–H and O–H groups in total. The summed E-state index contributed by atoms with van der Waals surface area (Å²) in [6.07, 6.45) is 0. The van der Waals surface area contributed by atoms with Crippen molar-refractivity contribution in [2.24, 2.45) is 0 Å². The molecule has 166 valence electrons. The van der Waals surface area contributed by atoms with Gasteiger partial charge >= 0.3 is 0 Å². The van der Waals surface area contributed by atoms with E-state index >= 15 is 0 Å². The molecule has 0 bridgehead atoms. The quantitative estimate of drug-likeness (QED) is 0.501. The number of benzene rings is 3. The zero-order valence-corrected chi connectivity index (χ0v) is 18.4. The fraction of sp³-hybridized carbons (Fsp3) is 0.231. The maximum Gasteiger partial charge on any atom is 0.262 e. The first-order valence-corrected chi connectivity index (χ1v) is 10.7. The van der Waals surface area contributed by atoms with E-state index in [2.05, 4.69) is 5.32 Å². The topological polar surface area (TPSA) is 67.9 Å². The van der Waals surface area contributed by atoms with Crippen LogP contribution in [0, 0.1) is 0 Å². The summed E-state index contributed by atoms with van der Waals surface area (Å²) in [7, 11) is 0. The van der Waals surface area contributed by atoms with Gasteiger partial charge in [0, 0.05) is 24.3 Å². The average molecular weight is 433 g/mol. The van der Waals surface area contributed by atoms with E-state index in [9.17, 15) is 9.59 Å². The lowest BCUT2D eigenvalue weighted by Crippen LogP contribution is -2.30. The van der Waals surface area contributed by atoms with Crippen LogP contribution in [0.1, 0.15) is 29.8 Å². The van der Waals surface area contributed by atoms with Gasteiger partial charge < -0.3 is 19.7 Å². The third kappa shape index (κ3) is 6.35. The minimum atomic E-state index is -0.300. The molecule has 0 atom stereocenters. The number of para-hydroxylation sites is 2. The van der Waals surface area contributed by atoms with Crippen molar-refractivity contribution in [1.82, 2.24) is 4.90 Å². The normalized spacial score (nSPS) is 10.3. The van der Waals surface area contributed by atoms with Crippen LogP contribution in [0.5, 0.6) is 11.5 Å². The van der Waals surface area contributed by atoms with Crippen LogP contribution in [-0.4, -0.2) is 36.4 Å². The first-order chi connectivity index (χ1) is 15.6. The average Bonchev–Trinajstić information content (AvgIpc) is 2.83. The van der Waals surface area contributed by atoms with Gasteiger partial charge in [0.05, 0.1) is 0 Å². The fourth-order valence-electron chi connectivity index (χ4n) is 3.15. The highest BCUT2D eigenvalue weighted by Gasteiger charge is 2.13. The van der Waals surface area contributed by atoms with Crippen LogP contribution in [-0.2, 0) is 11.4 Å². The first-order valence-electron chi connectivity index (χ1n) is 10.7. The van der Waals surface area contributed by atoms with Crippen LogP contribution in [0.4, 0.5) is 5.69 Å². The predicted octanol–water partition coefficient (Wildman–Crippen LogP) is 4.77. The molecule has 0 aromatic heterocycles. The smallest absolute Gasteiger partial charge is 0.262 e. The maximum atomic E-state index is 12.4. The molecule has 0 aliphatic carbocycles. The van der Waals surface area contributed by atoms with Gasteiger partial charge in [-0.05, 0) is 55.8 Å². The zero-order valence-electron chi connectivity index (χ0n) is 18.4. The van der Waals surface area contributed by atoms with Crippen molar-refractivity contribution >= 4 is 17.5 Å². The van der Waals surface area contributed by atoms with E-state index < -0.39 is 0 Å². The lowest BCUT2D eigenvalue weighted by Gasteiger charge is -2.18. The summed E-state index contributed by atoms with van der Waals surface area (Å²) in [5, 5.41) is 2.78. The molecule has 0 unspecified atom stereocenters. The van der Waals surface area contributed by atoms with Crippen LogP contribution in [0.2, 0.25) is 0 Å². The molecule has 0 saturated carbocycles. The van der Waals surface area contributed by atoms with Gasteiger partial charge in [-0.3, -0.25) is 9.59 Å². The number of nitrogens with zero attached hydrogens (tertiary/aromatic N) is 1. The molecule has 6 heteroatoms. The van der Waals surface area contributed by atoms with Gasteiger partial charge in [-0.2, -0.15) is 0 Å². The van der Waals surface area contributed by atoms with E-state index in [-0.39, 0.29) is 18.4 Å². The molecule has 3 aromatic rings. The Morgan fingerprint density at radius 3 is 2.00 bits per heavy atom. The third-order valence-corrected chi connectivity index (χ3v) is 4.91. The van der Waals surface area contributed by atoms with Crippen molar-refractivity contribution in [3.05, 3.63) is 90.0 Å². The zero-order chi connectivity index (χ0) is 22.8. The summed E-state index contributed by atoms with van der Waals surface area (Å²) in [5.74, 6) is 0.746. The van der Waals surface area contributed by atoms with Crippen LogP contribution < -0.4 is 14.8 Å². The number of nitrogens with one attached hydrogen (secondary N) is 1. The summed E-state index contributed by atoms with van der Waals surface area (Å²) in [5.41, 5.74) is 2.23. The second-order valence-corrected chi connectivity index (χ2v) is 7.11. The summed E-state index contributed by atoms with van der Waals surface area (Å²) >= 11 is 0. The van der Waals surface area contributed by atoms with Crippen LogP contribution in [0.3, 0.4) is 0 Å². The van der Waals surface area contributed by atoms with E-state index in [1.54, 1.807) is 35.2 Å². The molecule has 6 nitrogen and oxygen atoms in total. The van der Waals surface area contributed by atoms with E-state index in [0.717, 1.165) is 5.56 Å². The second kappa shape index (κ2) is 11.6. The Morgan fingerprint density at radius 2 is 1.38 bits per heavy atom. The van der Waals surface area contributed by atoms with Crippen molar-refractivity contribution in [1.29, 1.82) is 0 Å². The Hall–Kier alpha value is -3.80. The second-order valence-electron chi connectivity index (χ2n) is 7.11. The van der Waals surface area contributed by atoms with Gasteiger partial charge in [0.15, 0.2) is 18.1 Å². The van der Waals surface area contributed by atoms with Crippen molar-refractivity contribution in [2.45, 2.75) is 20.5 Å². The minimum Gasteiger partial charge on any atom is -0.485 e. The number of rotatable bonds is 10. The third-order valence-electron chi connectivity index (χ3n) is 4.91. The van der Waals surface area contributed by atoms with E-state index in [0.29, 0.717) is 42.4 Å². The standard InChI is InChI=1S/C26H28N2O4/c1-3-28(4-2)26(30)21-14-16-22(17-15-21)27-25(29)19-32-24-13-9-8-12-23(24)31-18-20-10-6-5-7-11-20/h5-17H,3-4,18-19H2,1-2H3,(H,27,29). The molecule has 2 amide bonds. The summed E-state index contributed by atoms with van der Waals surface area (Å²) in [6, 6.07) is 23.9. The molecule has 0 radical (unpaired) electrons. The van der Waals surface area contributed by atoms with Crippen LogP contribution >= 0.6 is 0 Å². The number of hydrogen-bond donors (Lipinski definition) is 1. The van der Waals surface area contributed by atoms with Gasteiger partial charge in [0.25, 0.3) is 11.8 Å². The summed E-state index contributed by atoms with van der Waals surface area (Å²) < 4.78 is 11.5. The Labute approximate surface area is 188 Å². The highest BCUT2D eigenvalue weighted by Crippen LogP contribution is 2.27. The number of carbonyl (C=O) groups is 2. The Bertz CT molecular complexity index is 1020. The van der Waals surface area contributed by atoms with Crippen LogP contribution in [0.15, 0.2) is 78.9 Å². The highest BCUT2D eigenvalue weighted by atomic mass is 16.5. The van der Waals surface area contributed by atoms with Gasteiger partial charge in [-0.25, -0.2) is 0 Å². The van der Waals surface area contributed by atoms with Gasteiger partial charge in [-0.1, -0.05) is 42.5 Å². The molecule has 0 aliphatic rings. The largest absolute Gasteiger partial charge is 0.485 e. The Balaban J connectivity index is 1.53. The van der Waals surface area contributed by atoms with Crippen molar-refractivity contribution in [3.63, 3.8) is 0 Å². The van der Waals surface area contributed by atoms with Crippen molar-refractivity contribution in [3.8, 4) is 11.5 Å². The number of carbonyl (C=O) groups excluding carboxylic acids is 2. The lowest BCUT2D eigenvalue weighted by atomic mass is 10.2. The van der Waals surface area contributed by atoms with E-state index in [1.807, 2.05) is 62.4 Å². The predicted molar refractivity (Wildman–Crippen MR) is 125 cm³/mol. The van der Waals surface area contributed by atoms with Gasteiger partial charge in [-0.15, -0.1) is 0 Å². The number of ether oxygens (including phenoxy) is 2. The van der Waals surface area contributed by atoms with Crippen molar-refractivity contribution < 1.29 is 19.1 Å². The van der Waals surface area contributed by atoms with Crippen LogP contribution in [0.25, 0.3) is 0 Å². The first kappa shape index (κ1) is 22.9. The minimum absolute atomic E-state index is 0.0247. The Kier molecular flexibility index (Phi) is 8.26. The number of hydrogen-bond acceptors (Lipinski definition) is 4. The Morgan fingerprint density at radius 1 is 0.781 bits per heavy atom. The van der Waals surface area contributed by atoms with Crippen molar-refractivity contribution in [2.75, 3.05) is 25.0 Å². The summed E-state index contributed by atoms with van der Waals surface area (Å²) in [4.78, 5) is 26.5. The number of amides is 2. The highest BCUT2D eigenvalue weighted by molar-refractivity contribution is 5.96. The molecule has 0 heterocycles. The van der Waals surface area contributed by atoms with Gasteiger partial charge in [0.2, 0.25) is 0 Å². The SMILES string of the molecule is CCN(CC)C(=O)c1ccc(NC(=O)COc2ccccc2OCc2ccccc2)cc1. The molecular formula is C26H28N2O4. The molecule has 3 aromatic carbocycles. The molecular weight excluding hydrogens is 404 g/mol. The molecule has 3 rings (SSSR count). The molecule has 0 aliphatic heterocycles. The summed E-state index contributed by atoms with van der Waals surface area (Å²) in [6.45, 7) is 5.45. The molecule has 0 fully saturated rings. The number of anilines is 1. The maximum absolute atomic E-state index is 12.4. The molecule has 32 heavy (non-hydrogen) atoms. The van der Waals surface area contributed by atoms with E-state index in [1.165, 1.54) is 0 Å². The molecule has 0 saturated heterocycles. The van der Waals surface area contributed by atoms with Gasteiger partial charge in [0.1, 0.15) is 6.61 Å². The molecule has 0 spiro atoms. The monoisotopic (exact) mass is 432 g/mol. The fourth-order valence-corrected chi connectivity index (χ4v) is 3.15. The van der Waals surface area contributed by atoms with E-state index in [4.69, 9.17) is 9.47 Å².